The summed E-state index contributed by atoms with van der Waals surface area (Å²) < 4.78 is 56.9. The van der Waals surface area contributed by atoms with Crippen molar-refractivity contribution >= 4 is 93.2 Å². The Morgan fingerprint density at radius 2 is 1.01 bits per heavy atom. The van der Waals surface area contributed by atoms with Crippen LogP contribution in [0.3, 0.4) is 0 Å². The Kier molecular flexibility index (Phi) is 28.9. The van der Waals surface area contributed by atoms with Gasteiger partial charge in [-0.3, -0.25) is 4.79 Å². The van der Waals surface area contributed by atoms with Gasteiger partial charge in [-0.15, -0.1) is 47.0 Å². The Morgan fingerprint density at radius 1 is 0.578 bits per heavy atom. The van der Waals surface area contributed by atoms with E-state index in [1.165, 1.54) is 82.0 Å². The lowest BCUT2D eigenvalue weighted by Gasteiger charge is -2.30. The molecule has 2 fully saturated rings. The van der Waals surface area contributed by atoms with Gasteiger partial charge in [0.15, 0.2) is 58.0 Å². The van der Waals surface area contributed by atoms with E-state index in [-0.39, 0.29) is 23.2 Å². The number of fused-ring (bicyclic) bond motifs is 1. The summed E-state index contributed by atoms with van der Waals surface area (Å²) in [6.07, 6.45) is 7.20. The van der Waals surface area contributed by atoms with Crippen molar-refractivity contribution in [2.75, 3.05) is 85.3 Å². The number of thioether (sulfide) groups is 4. The number of hydrogen-bond donors (Lipinski definition) is 4. The van der Waals surface area contributed by atoms with Gasteiger partial charge in [-0.2, -0.15) is 0 Å². The first-order chi connectivity index (χ1) is 39.5. The SMILES string of the molecule is CCO.COc1cc2[nH]c(SC)cc(=O)c2cc1OC.COc1ccc(N)cc1OC.COc1ccc(NC(SC)=C2C(=O)OC(C)(C)OC2=O)cc1OC.[CH2+]C1(C)OC(=O)C(=C(SC)SC)C(=O)O1.c1ccc(Oc2ccccc2)cc1. The first kappa shape index (κ1) is 69.4. The number of carbonyl (C=O) groups is 4. The number of methoxy groups -OCH3 is 6. The van der Waals surface area contributed by atoms with Crippen molar-refractivity contribution in [1.82, 2.24) is 4.98 Å². The normalized spacial score (nSPS) is 14.4. The van der Waals surface area contributed by atoms with Gasteiger partial charge in [0, 0.05) is 61.5 Å². The third-order valence-electron chi connectivity index (χ3n) is 10.4. The number of H-pyrrole nitrogens is 1. The van der Waals surface area contributed by atoms with Crippen molar-refractivity contribution in [3.63, 3.8) is 0 Å². The molecule has 2 aliphatic heterocycles. The minimum absolute atomic E-state index is 0.0240. The maximum Gasteiger partial charge on any atom is 0.398 e. The number of para-hydroxylation sites is 2. The van der Waals surface area contributed by atoms with Gasteiger partial charge in [-0.05, 0) is 86.5 Å². The van der Waals surface area contributed by atoms with E-state index in [0.29, 0.717) is 60.5 Å². The van der Waals surface area contributed by atoms with Gasteiger partial charge >= 0.3 is 29.7 Å². The minimum Gasteiger partial charge on any atom is -0.493 e. The number of ether oxygens (including phenoxy) is 11. The molecule has 2 aliphatic rings. The van der Waals surface area contributed by atoms with E-state index in [0.717, 1.165) is 22.0 Å². The number of cyclic esters (lactones) is 4. The van der Waals surface area contributed by atoms with Gasteiger partial charge in [0.25, 0.3) is 5.79 Å². The minimum atomic E-state index is -1.42. The lowest BCUT2D eigenvalue weighted by Crippen LogP contribution is -2.42. The molecule has 2 saturated heterocycles. The molecule has 1 aromatic heterocycles. The van der Waals surface area contributed by atoms with Crippen molar-refractivity contribution in [3.8, 4) is 46.0 Å². The molecule has 0 radical (unpaired) electrons. The van der Waals surface area contributed by atoms with Crippen molar-refractivity contribution in [2.24, 2.45) is 0 Å². The van der Waals surface area contributed by atoms with Gasteiger partial charge in [-0.25, -0.2) is 19.2 Å². The van der Waals surface area contributed by atoms with Crippen LogP contribution in [0.25, 0.3) is 10.9 Å². The number of aliphatic hydroxyl groups excluding tert-OH is 1. The monoisotopic (exact) mass is 1220 g/mol. The Labute approximate surface area is 500 Å². The summed E-state index contributed by atoms with van der Waals surface area (Å²) in [4.78, 5) is 62.4. The number of esters is 4. The van der Waals surface area contributed by atoms with E-state index in [1.54, 1.807) is 109 Å². The molecule has 83 heavy (non-hydrogen) atoms. The van der Waals surface area contributed by atoms with Crippen LogP contribution in [0.15, 0.2) is 145 Å². The predicted octanol–water partition coefficient (Wildman–Crippen LogP) is 11.1. The standard InChI is InChI=1S/C16H19NO6S.C12H13NO3S.C12H10O.C9H11O4S2.C8H11NO2.C2H6O/c1-16(2)22-14(18)12(15(19)23-16)13(24-5)17-9-6-7-10(20-3)11(8-9)21-4;1-15-10-4-7-8(5-11(10)16-2)13-12(17-3)6-9(7)14;1-3-7-11(8-4-1)13-12-9-5-2-6-10-12;1-9(2)12-6(10)5(7(11)13-9)8(14-3)15-4;1-10-7-4-3-6(9)5-8(7)11-2;1-2-3/h6-8,17H,1-5H3;4-6H,1-3H3,(H,13,14);1-10H;1H2,2-4H3;3-5H,9H2,1-2H3;3H,2H2,1H3/q;;;+1;;. The number of nitrogens with one attached hydrogen (secondary N) is 2. The summed E-state index contributed by atoms with van der Waals surface area (Å²) in [7, 11) is 9.35. The molecule has 0 spiro atoms. The number of nitrogen functional groups attached to an aromatic ring is 1. The van der Waals surface area contributed by atoms with Crippen LogP contribution in [0.4, 0.5) is 11.4 Å². The topological polar surface area (TPSA) is 261 Å². The van der Waals surface area contributed by atoms with Crippen molar-refractivity contribution < 1.29 is 76.4 Å². The summed E-state index contributed by atoms with van der Waals surface area (Å²) in [5.74, 6) is -0.160. The van der Waals surface area contributed by atoms with Crippen LogP contribution in [-0.2, 0) is 38.1 Å². The molecule has 5 aromatic carbocycles. The molecule has 0 amide bonds. The van der Waals surface area contributed by atoms with Gasteiger partial charge in [0.1, 0.15) is 11.5 Å². The first-order valence-corrected chi connectivity index (χ1v) is 29.5. The fourth-order valence-corrected chi connectivity index (χ4v) is 9.21. The second-order valence-corrected chi connectivity index (χ2v) is 20.4. The number of hydrogen-bond acceptors (Lipinski definition) is 23. The van der Waals surface area contributed by atoms with Crippen LogP contribution in [0.2, 0.25) is 0 Å². The number of pyridine rings is 1. The Hall–Kier alpha value is -7.90. The summed E-state index contributed by atoms with van der Waals surface area (Å²) in [5, 5.41) is 12.3. The summed E-state index contributed by atoms with van der Waals surface area (Å²) in [6, 6.07) is 35.0. The second-order valence-electron chi connectivity index (χ2n) is 16.9. The van der Waals surface area contributed by atoms with E-state index in [9.17, 15) is 24.0 Å². The van der Waals surface area contributed by atoms with Crippen LogP contribution in [0.5, 0.6) is 46.0 Å². The predicted molar refractivity (Wildman–Crippen MR) is 329 cm³/mol. The molecule has 3 heterocycles. The van der Waals surface area contributed by atoms with E-state index >= 15 is 0 Å². The number of carbonyl (C=O) groups excluding carboxylic acids is 4. The largest absolute Gasteiger partial charge is 0.493 e. The first-order valence-electron chi connectivity index (χ1n) is 24.6. The molecule has 6 aromatic rings. The number of benzene rings is 5. The van der Waals surface area contributed by atoms with Gasteiger partial charge < -0.3 is 73.2 Å². The van der Waals surface area contributed by atoms with Crippen LogP contribution in [0, 0.1) is 6.92 Å². The molecule has 0 bridgehead atoms. The van der Waals surface area contributed by atoms with Gasteiger partial charge in [-0.1, -0.05) is 36.4 Å². The summed E-state index contributed by atoms with van der Waals surface area (Å²) >= 11 is 5.30. The quantitative estimate of drug-likeness (QED) is 0.0197. The second kappa shape index (κ2) is 34.5. The highest BCUT2D eigenvalue weighted by atomic mass is 32.2. The highest BCUT2D eigenvalue weighted by molar-refractivity contribution is 8.21. The fraction of sp³-hybridized carbons (Fsp3) is 0.288. The Morgan fingerprint density at radius 3 is 1.46 bits per heavy atom. The van der Waals surface area contributed by atoms with Gasteiger partial charge in [0.2, 0.25) is 0 Å². The van der Waals surface area contributed by atoms with E-state index in [1.807, 2.05) is 66.9 Å². The summed E-state index contributed by atoms with van der Waals surface area (Å²) in [6.45, 7) is 9.80. The molecule has 24 heteroatoms. The number of aromatic amines is 1. The van der Waals surface area contributed by atoms with Crippen molar-refractivity contribution in [3.05, 3.63) is 153 Å². The van der Waals surface area contributed by atoms with Crippen LogP contribution >= 0.6 is 47.0 Å². The third kappa shape index (κ3) is 21.4. The zero-order valence-electron chi connectivity index (χ0n) is 48.6. The smallest absolute Gasteiger partial charge is 0.398 e. The van der Waals surface area contributed by atoms with Crippen molar-refractivity contribution in [1.29, 1.82) is 0 Å². The molecule has 446 valence electrons. The van der Waals surface area contributed by atoms with E-state index in [2.05, 4.69) is 17.2 Å². The van der Waals surface area contributed by atoms with Gasteiger partial charge in [0.05, 0.1) is 69.4 Å². The highest BCUT2D eigenvalue weighted by Gasteiger charge is 2.46. The van der Waals surface area contributed by atoms with Crippen molar-refractivity contribution in [2.45, 2.75) is 44.3 Å². The number of anilines is 2. The maximum atomic E-state index is 12.2. The molecule has 0 aliphatic carbocycles. The number of rotatable bonds is 14. The maximum absolute atomic E-state index is 12.2. The number of nitrogens with two attached hydrogens (primary N) is 1. The molecule has 20 nitrogen and oxygen atoms in total. The lowest BCUT2D eigenvalue weighted by molar-refractivity contribution is -0.222. The molecule has 0 saturated carbocycles. The van der Waals surface area contributed by atoms with E-state index < -0.39 is 35.5 Å². The average Bonchev–Trinajstić information content (AvgIpc) is 3.47. The molecule has 0 atom stereocenters. The fourth-order valence-electron chi connectivity index (χ4n) is 6.78. The Balaban J connectivity index is 0.000000275. The lowest BCUT2D eigenvalue weighted by atomic mass is 10.2. The van der Waals surface area contributed by atoms with Crippen LogP contribution in [0.1, 0.15) is 27.7 Å². The number of aromatic nitrogens is 1. The highest BCUT2D eigenvalue weighted by Crippen LogP contribution is 2.36. The molecule has 8 rings (SSSR count). The van der Waals surface area contributed by atoms with Crippen LogP contribution in [-0.4, -0.2) is 120 Å². The van der Waals surface area contributed by atoms with E-state index in [4.69, 9.17) is 62.9 Å². The van der Waals surface area contributed by atoms with Crippen LogP contribution < -0.4 is 49.6 Å². The molecule has 0 unspecified atom stereocenters. The molecular weight excluding hydrogens is 1150 g/mol. The molecular formula is C59H70N3O17S4+. The average molecular weight is 1220 g/mol. The third-order valence-corrected chi connectivity index (χ3v) is 13.9. The zero-order valence-corrected chi connectivity index (χ0v) is 51.8. The number of aliphatic hydroxyl groups is 1. The molecule has 5 N–H and O–H groups in total. The summed E-state index contributed by atoms with van der Waals surface area (Å²) in [5.41, 5.74) is 7.32. The Bertz CT molecular complexity index is 3140. The zero-order chi connectivity index (χ0) is 61.9.